The number of rotatable bonds is 3. The highest BCUT2D eigenvalue weighted by Gasteiger charge is 2.10. The van der Waals surface area contributed by atoms with Crippen LogP contribution in [0.3, 0.4) is 0 Å². The van der Waals surface area contributed by atoms with Crippen LogP contribution in [0, 0.1) is 0 Å². The zero-order valence-corrected chi connectivity index (χ0v) is 11.0. The third kappa shape index (κ3) is 3.03. The molecule has 1 atom stereocenters. The summed E-state index contributed by atoms with van der Waals surface area (Å²) in [5, 5.41) is 2.12. The normalized spacial score (nSPS) is 12.7. The molecule has 78 valence electrons. The average Bonchev–Trinajstić information content (AvgIpc) is 2.66. The number of hydrogen-bond donors (Lipinski definition) is 0. The van der Waals surface area contributed by atoms with Gasteiger partial charge in [0.2, 0.25) is 0 Å². The van der Waals surface area contributed by atoms with Crippen LogP contribution in [0.1, 0.15) is 16.5 Å². The summed E-state index contributed by atoms with van der Waals surface area (Å²) in [5.41, 5.74) is 2.39. The molecule has 0 fully saturated rings. The van der Waals surface area contributed by atoms with Crippen molar-refractivity contribution in [1.29, 1.82) is 0 Å². The highest BCUT2D eigenvalue weighted by atomic mass is 79.9. The standard InChI is InChI=1S/C11H9BrClNS/c12-11-6-9(7-15-11)10(13)5-8-1-3-14-4-2-8/h1-4,6-7,10H,5H2. The van der Waals surface area contributed by atoms with E-state index in [2.05, 4.69) is 32.4 Å². The first-order valence-corrected chi connectivity index (χ1v) is 6.63. The average molecular weight is 303 g/mol. The van der Waals surface area contributed by atoms with Gasteiger partial charge in [-0.3, -0.25) is 4.98 Å². The van der Waals surface area contributed by atoms with Crippen LogP contribution in [0.2, 0.25) is 0 Å². The van der Waals surface area contributed by atoms with Gasteiger partial charge in [0, 0.05) is 12.4 Å². The molecule has 0 saturated heterocycles. The minimum atomic E-state index is 0.0370. The Morgan fingerprint density at radius 2 is 2.13 bits per heavy atom. The molecule has 0 N–H and O–H groups in total. The summed E-state index contributed by atoms with van der Waals surface area (Å²) in [7, 11) is 0. The minimum Gasteiger partial charge on any atom is -0.265 e. The third-order valence-corrected chi connectivity index (χ3v) is 4.04. The number of alkyl halides is 1. The molecule has 4 heteroatoms. The fourth-order valence-electron chi connectivity index (χ4n) is 1.33. The van der Waals surface area contributed by atoms with Crippen molar-refractivity contribution < 1.29 is 0 Å². The van der Waals surface area contributed by atoms with Crippen LogP contribution in [0.5, 0.6) is 0 Å². The SMILES string of the molecule is ClC(Cc1ccncc1)c1csc(Br)c1. The van der Waals surface area contributed by atoms with Crippen LogP contribution in [-0.2, 0) is 6.42 Å². The molecule has 0 spiro atoms. The molecule has 0 amide bonds. The topological polar surface area (TPSA) is 12.9 Å². The van der Waals surface area contributed by atoms with Gasteiger partial charge in [-0.1, -0.05) is 0 Å². The Morgan fingerprint density at radius 3 is 2.73 bits per heavy atom. The van der Waals surface area contributed by atoms with Gasteiger partial charge in [-0.2, -0.15) is 0 Å². The van der Waals surface area contributed by atoms with E-state index < -0.39 is 0 Å². The van der Waals surface area contributed by atoms with Crippen molar-refractivity contribution in [2.45, 2.75) is 11.8 Å². The lowest BCUT2D eigenvalue weighted by Gasteiger charge is -2.06. The Morgan fingerprint density at radius 1 is 1.40 bits per heavy atom. The Bertz CT molecular complexity index is 429. The lowest BCUT2D eigenvalue weighted by Crippen LogP contribution is -1.94. The van der Waals surface area contributed by atoms with Crippen molar-refractivity contribution in [3.8, 4) is 0 Å². The fourth-order valence-corrected chi connectivity index (χ4v) is 2.94. The maximum absolute atomic E-state index is 6.32. The molecule has 1 nitrogen and oxygen atoms in total. The fraction of sp³-hybridized carbons (Fsp3) is 0.182. The zero-order valence-electron chi connectivity index (χ0n) is 7.86. The van der Waals surface area contributed by atoms with E-state index in [-0.39, 0.29) is 5.38 Å². The first-order valence-electron chi connectivity index (χ1n) is 4.52. The number of nitrogens with zero attached hydrogens (tertiary/aromatic N) is 1. The molecule has 0 aliphatic rings. The van der Waals surface area contributed by atoms with Crippen LogP contribution < -0.4 is 0 Å². The van der Waals surface area contributed by atoms with Crippen LogP contribution in [-0.4, -0.2) is 4.98 Å². The second-order valence-corrected chi connectivity index (χ2v) is 6.03. The lowest BCUT2D eigenvalue weighted by molar-refractivity contribution is 0.921. The predicted octanol–water partition coefficient (Wildman–Crippen LogP) is 4.43. The van der Waals surface area contributed by atoms with Crippen molar-refractivity contribution in [2.24, 2.45) is 0 Å². The lowest BCUT2D eigenvalue weighted by atomic mass is 10.1. The molecule has 0 aliphatic carbocycles. The number of thiophene rings is 1. The molecule has 0 saturated carbocycles. The van der Waals surface area contributed by atoms with E-state index in [4.69, 9.17) is 11.6 Å². The van der Waals surface area contributed by atoms with E-state index in [0.29, 0.717) is 0 Å². The molecule has 0 bridgehead atoms. The first kappa shape index (κ1) is 11.1. The Labute approximate surface area is 106 Å². The summed E-state index contributed by atoms with van der Waals surface area (Å²) in [6, 6.07) is 6.07. The Kier molecular flexibility index (Phi) is 3.78. The first-order chi connectivity index (χ1) is 7.25. The van der Waals surface area contributed by atoms with Crippen LogP contribution in [0.15, 0.2) is 39.8 Å². The number of aromatic nitrogens is 1. The van der Waals surface area contributed by atoms with Crippen LogP contribution in [0.4, 0.5) is 0 Å². The predicted molar refractivity (Wildman–Crippen MR) is 68.6 cm³/mol. The smallest absolute Gasteiger partial charge is 0.0701 e. The largest absolute Gasteiger partial charge is 0.265 e. The van der Waals surface area contributed by atoms with Crippen LogP contribution >= 0.6 is 38.9 Å². The van der Waals surface area contributed by atoms with Gasteiger partial charge in [0.1, 0.15) is 0 Å². The van der Waals surface area contributed by atoms with Gasteiger partial charge in [-0.25, -0.2) is 0 Å². The summed E-state index contributed by atoms with van der Waals surface area (Å²) in [5.74, 6) is 0. The Balaban J connectivity index is 2.07. The van der Waals surface area contributed by atoms with Gasteiger partial charge >= 0.3 is 0 Å². The number of halogens is 2. The van der Waals surface area contributed by atoms with E-state index in [0.717, 1.165) is 10.2 Å². The quantitative estimate of drug-likeness (QED) is 0.764. The van der Waals surface area contributed by atoms with E-state index in [9.17, 15) is 0 Å². The molecule has 2 rings (SSSR count). The molecule has 0 aromatic carbocycles. The summed E-state index contributed by atoms with van der Waals surface area (Å²) in [6.45, 7) is 0. The van der Waals surface area contributed by atoms with Gasteiger partial charge in [-0.15, -0.1) is 22.9 Å². The van der Waals surface area contributed by atoms with Crippen molar-refractivity contribution in [3.63, 3.8) is 0 Å². The van der Waals surface area contributed by atoms with Gasteiger partial charge in [-0.05, 0) is 57.1 Å². The van der Waals surface area contributed by atoms with Crippen LogP contribution in [0.25, 0.3) is 0 Å². The summed E-state index contributed by atoms with van der Waals surface area (Å²) in [6.07, 6.45) is 4.43. The van der Waals surface area contributed by atoms with Crippen molar-refractivity contribution >= 4 is 38.9 Å². The second-order valence-electron chi connectivity index (χ2n) is 3.21. The molecule has 2 heterocycles. The number of pyridine rings is 1. The van der Waals surface area contributed by atoms with Crippen molar-refractivity contribution in [3.05, 3.63) is 50.9 Å². The molecular formula is C11H9BrClNS. The molecule has 0 aliphatic heterocycles. The highest BCUT2D eigenvalue weighted by Crippen LogP contribution is 2.31. The van der Waals surface area contributed by atoms with Gasteiger partial charge in [0.15, 0.2) is 0 Å². The molecule has 1 unspecified atom stereocenters. The maximum Gasteiger partial charge on any atom is 0.0701 e. The van der Waals surface area contributed by atoms with Gasteiger partial charge < -0.3 is 0 Å². The summed E-state index contributed by atoms with van der Waals surface area (Å²) >= 11 is 11.4. The van der Waals surface area contributed by atoms with E-state index >= 15 is 0 Å². The van der Waals surface area contributed by atoms with Crippen molar-refractivity contribution in [1.82, 2.24) is 4.98 Å². The van der Waals surface area contributed by atoms with E-state index in [1.165, 1.54) is 11.1 Å². The molecule has 15 heavy (non-hydrogen) atoms. The maximum atomic E-state index is 6.32. The summed E-state index contributed by atoms with van der Waals surface area (Å²) in [4.78, 5) is 3.98. The number of hydrogen-bond acceptors (Lipinski definition) is 2. The molecule has 2 aromatic heterocycles. The highest BCUT2D eigenvalue weighted by molar-refractivity contribution is 9.11. The zero-order chi connectivity index (χ0) is 10.7. The second kappa shape index (κ2) is 5.10. The van der Waals surface area contributed by atoms with Crippen molar-refractivity contribution in [2.75, 3.05) is 0 Å². The molecule has 2 aromatic rings. The van der Waals surface area contributed by atoms with Gasteiger partial charge in [0.05, 0.1) is 9.16 Å². The van der Waals surface area contributed by atoms with Gasteiger partial charge in [0.25, 0.3) is 0 Å². The van der Waals surface area contributed by atoms with E-state index in [1.54, 1.807) is 23.7 Å². The Hall–Kier alpha value is -0.380. The molecular weight excluding hydrogens is 294 g/mol. The van der Waals surface area contributed by atoms with E-state index in [1.807, 2.05) is 12.1 Å². The summed E-state index contributed by atoms with van der Waals surface area (Å²) < 4.78 is 1.12. The minimum absolute atomic E-state index is 0.0370. The molecule has 0 radical (unpaired) electrons. The third-order valence-electron chi connectivity index (χ3n) is 2.11. The monoisotopic (exact) mass is 301 g/mol.